The Morgan fingerprint density at radius 2 is 2.00 bits per heavy atom. The van der Waals surface area contributed by atoms with Crippen LogP contribution in [0.2, 0.25) is 5.15 Å². The molecule has 0 unspecified atom stereocenters. The number of halogens is 1. The summed E-state index contributed by atoms with van der Waals surface area (Å²) < 4.78 is 1.83. The van der Waals surface area contributed by atoms with Crippen LogP contribution in [0.5, 0.6) is 0 Å². The highest BCUT2D eigenvalue weighted by molar-refractivity contribution is 6.34. The molecule has 0 radical (unpaired) electrons. The molecule has 0 saturated heterocycles. The van der Waals surface area contributed by atoms with Crippen molar-refractivity contribution in [1.82, 2.24) is 9.78 Å². The van der Waals surface area contributed by atoms with Crippen molar-refractivity contribution in [2.24, 2.45) is 12.8 Å². The van der Waals surface area contributed by atoms with Crippen molar-refractivity contribution in [1.29, 1.82) is 0 Å². The van der Waals surface area contributed by atoms with Gasteiger partial charge in [-0.25, -0.2) is 0 Å². The zero-order chi connectivity index (χ0) is 12.8. The highest BCUT2D eigenvalue weighted by Crippen LogP contribution is 2.39. The van der Waals surface area contributed by atoms with E-state index < -0.39 is 0 Å². The Bertz CT molecular complexity index is 582. The Hall–Kier alpha value is -1.06. The van der Waals surface area contributed by atoms with Crippen LogP contribution in [0.3, 0.4) is 0 Å². The average Bonchev–Trinajstić information content (AvgIpc) is 2.66. The minimum absolute atomic E-state index is 0.232. The number of aryl methyl sites for hydroxylation is 1. The molecule has 2 N–H and O–H groups in total. The average molecular weight is 264 g/mol. The van der Waals surface area contributed by atoms with Gasteiger partial charge in [-0.3, -0.25) is 4.68 Å². The summed E-state index contributed by atoms with van der Waals surface area (Å²) in [4.78, 5) is 0. The summed E-state index contributed by atoms with van der Waals surface area (Å²) in [7, 11) is 1.92. The van der Waals surface area contributed by atoms with Crippen molar-refractivity contribution in [3.05, 3.63) is 28.9 Å². The molecule has 2 aromatic rings. The first-order valence-corrected chi connectivity index (χ1v) is 6.90. The number of rotatable bonds is 1. The van der Waals surface area contributed by atoms with E-state index in [1.807, 2.05) is 17.8 Å². The van der Waals surface area contributed by atoms with E-state index in [0.29, 0.717) is 5.15 Å². The van der Waals surface area contributed by atoms with Gasteiger partial charge in [0.25, 0.3) is 0 Å². The standard InChI is InChI=1S/C14H18ClN3/c1-18-11-7-5-6-10(12(11)13(15)17-18)14(16)8-3-2-4-9-14/h5-7H,2-4,8-9,16H2,1H3. The number of hydrogen-bond donors (Lipinski definition) is 1. The zero-order valence-corrected chi connectivity index (χ0v) is 11.4. The first-order valence-electron chi connectivity index (χ1n) is 6.52. The Labute approximate surface area is 112 Å². The van der Waals surface area contributed by atoms with Crippen molar-refractivity contribution in [3.8, 4) is 0 Å². The predicted octanol–water partition coefficient (Wildman–Crippen LogP) is 3.34. The molecule has 0 spiro atoms. The first-order chi connectivity index (χ1) is 8.62. The number of benzene rings is 1. The van der Waals surface area contributed by atoms with Gasteiger partial charge in [-0.2, -0.15) is 5.10 Å². The van der Waals surface area contributed by atoms with Crippen LogP contribution in [0.15, 0.2) is 18.2 Å². The lowest BCUT2D eigenvalue weighted by Gasteiger charge is -2.34. The quantitative estimate of drug-likeness (QED) is 0.858. The van der Waals surface area contributed by atoms with Crippen LogP contribution in [-0.2, 0) is 12.6 Å². The molecule has 1 aromatic heterocycles. The topological polar surface area (TPSA) is 43.8 Å². The molecular weight excluding hydrogens is 246 g/mol. The first kappa shape index (κ1) is 12.0. The van der Waals surface area contributed by atoms with Crippen LogP contribution in [-0.4, -0.2) is 9.78 Å². The third-order valence-corrected chi connectivity index (χ3v) is 4.38. The molecule has 1 aliphatic carbocycles. The lowest BCUT2D eigenvalue weighted by molar-refractivity contribution is 0.304. The number of aromatic nitrogens is 2. The van der Waals surface area contributed by atoms with E-state index in [2.05, 4.69) is 17.2 Å². The molecule has 1 aliphatic rings. The van der Waals surface area contributed by atoms with Crippen molar-refractivity contribution in [3.63, 3.8) is 0 Å². The molecule has 3 nitrogen and oxygen atoms in total. The van der Waals surface area contributed by atoms with E-state index in [-0.39, 0.29) is 5.54 Å². The normalized spacial score (nSPS) is 19.3. The summed E-state index contributed by atoms with van der Waals surface area (Å²) in [6.07, 6.45) is 5.76. The van der Waals surface area contributed by atoms with Crippen molar-refractivity contribution < 1.29 is 0 Å². The summed E-state index contributed by atoms with van der Waals surface area (Å²) in [5, 5.41) is 5.90. The van der Waals surface area contributed by atoms with Gasteiger partial charge in [0.05, 0.1) is 5.52 Å². The molecule has 0 bridgehead atoms. The fourth-order valence-electron chi connectivity index (χ4n) is 3.13. The van der Waals surface area contributed by atoms with Gasteiger partial charge in [0.2, 0.25) is 0 Å². The van der Waals surface area contributed by atoms with Crippen molar-refractivity contribution in [2.45, 2.75) is 37.6 Å². The van der Waals surface area contributed by atoms with Crippen LogP contribution in [0, 0.1) is 0 Å². The Kier molecular flexibility index (Phi) is 2.83. The third kappa shape index (κ3) is 1.73. The summed E-state index contributed by atoms with van der Waals surface area (Å²) >= 11 is 6.28. The molecule has 1 heterocycles. The van der Waals surface area contributed by atoms with Gasteiger partial charge in [0.1, 0.15) is 0 Å². The molecule has 1 aromatic carbocycles. The Morgan fingerprint density at radius 1 is 1.28 bits per heavy atom. The molecule has 4 heteroatoms. The predicted molar refractivity (Wildman–Crippen MR) is 74.7 cm³/mol. The second-order valence-electron chi connectivity index (χ2n) is 5.33. The van der Waals surface area contributed by atoms with E-state index in [1.165, 1.54) is 19.3 Å². The second kappa shape index (κ2) is 4.25. The molecule has 1 saturated carbocycles. The second-order valence-corrected chi connectivity index (χ2v) is 5.69. The fraction of sp³-hybridized carbons (Fsp3) is 0.500. The third-order valence-electron chi connectivity index (χ3n) is 4.12. The Morgan fingerprint density at radius 3 is 2.72 bits per heavy atom. The number of hydrogen-bond acceptors (Lipinski definition) is 2. The van der Waals surface area contributed by atoms with E-state index in [4.69, 9.17) is 17.3 Å². The molecule has 1 fully saturated rings. The monoisotopic (exact) mass is 263 g/mol. The van der Waals surface area contributed by atoms with E-state index in [0.717, 1.165) is 29.3 Å². The highest BCUT2D eigenvalue weighted by Gasteiger charge is 2.32. The molecule has 0 aliphatic heterocycles. The summed E-state index contributed by atoms with van der Waals surface area (Å²) in [5.74, 6) is 0. The molecule has 0 atom stereocenters. The van der Waals surface area contributed by atoms with Gasteiger partial charge < -0.3 is 5.73 Å². The van der Waals surface area contributed by atoms with Gasteiger partial charge in [-0.15, -0.1) is 0 Å². The minimum atomic E-state index is -0.232. The number of fused-ring (bicyclic) bond motifs is 1. The van der Waals surface area contributed by atoms with E-state index in [1.54, 1.807) is 0 Å². The maximum absolute atomic E-state index is 6.63. The molecular formula is C14H18ClN3. The maximum atomic E-state index is 6.63. The molecule has 3 rings (SSSR count). The smallest absolute Gasteiger partial charge is 0.159 e. The van der Waals surface area contributed by atoms with Gasteiger partial charge in [0.15, 0.2) is 5.15 Å². The SMILES string of the molecule is Cn1nc(Cl)c2c(C3(N)CCCCC3)cccc21. The van der Waals surface area contributed by atoms with E-state index in [9.17, 15) is 0 Å². The van der Waals surface area contributed by atoms with Crippen LogP contribution in [0.4, 0.5) is 0 Å². The molecule has 96 valence electrons. The molecule has 0 amide bonds. The number of nitrogens with two attached hydrogens (primary N) is 1. The van der Waals surface area contributed by atoms with E-state index >= 15 is 0 Å². The zero-order valence-electron chi connectivity index (χ0n) is 10.6. The summed E-state index contributed by atoms with van der Waals surface area (Å²) in [6, 6.07) is 6.21. The lowest BCUT2D eigenvalue weighted by Crippen LogP contribution is -2.38. The molecule has 18 heavy (non-hydrogen) atoms. The Balaban J connectivity index is 2.22. The largest absolute Gasteiger partial charge is 0.321 e. The van der Waals surface area contributed by atoms with Gasteiger partial charge in [-0.05, 0) is 24.5 Å². The summed E-state index contributed by atoms with van der Waals surface area (Å²) in [6.45, 7) is 0. The van der Waals surface area contributed by atoms with Gasteiger partial charge in [0, 0.05) is 18.0 Å². The van der Waals surface area contributed by atoms with Crippen LogP contribution >= 0.6 is 11.6 Å². The van der Waals surface area contributed by atoms with Gasteiger partial charge in [-0.1, -0.05) is 43.0 Å². The maximum Gasteiger partial charge on any atom is 0.159 e. The minimum Gasteiger partial charge on any atom is -0.321 e. The van der Waals surface area contributed by atoms with Crippen LogP contribution in [0.1, 0.15) is 37.7 Å². The van der Waals surface area contributed by atoms with Gasteiger partial charge >= 0.3 is 0 Å². The lowest BCUT2D eigenvalue weighted by atomic mass is 9.76. The highest BCUT2D eigenvalue weighted by atomic mass is 35.5. The number of nitrogens with zero attached hydrogens (tertiary/aromatic N) is 2. The fourth-order valence-corrected chi connectivity index (χ4v) is 3.44. The van der Waals surface area contributed by atoms with Crippen molar-refractivity contribution in [2.75, 3.05) is 0 Å². The van der Waals surface area contributed by atoms with Crippen LogP contribution in [0.25, 0.3) is 10.9 Å². The van der Waals surface area contributed by atoms with Crippen molar-refractivity contribution >= 4 is 22.5 Å². The summed E-state index contributed by atoms with van der Waals surface area (Å²) in [5.41, 5.74) is 8.62. The van der Waals surface area contributed by atoms with Crippen LogP contribution < -0.4 is 5.73 Å².